The molecule has 3 aromatic rings. The van der Waals surface area contributed by atoms with Crippen molar-refractivity contribution < 1.29 is 0 Å². The number of hydrogen-bond acceptors (Lipinski definition) is 2. The second-order valence-electron chi connectivity index (χ2n) is 8.17. The first-order valence-electron chi connectivity index (χ1n) is 10.5. The van der Waals surface area contributed by atoms with Gasteiger partial charge in [-0.25, -0.2) is 0 Å². The average molecular weight is 405 g/mol. The maximum Gasteiger partial charge on any atom is 0.0484 e. The van der Waals surface area contributed by atoms with Crippen LogP contribution in [0.4, 0.5) is 0 Å². The molecule has 1 atom stereocenters. The third kappa shape index (κ3) is 4.72. The highest BCUT2D eigenvalue weighted by Gasteiger charge is 2.29. The lowest BCUT2D eigenvalue weighted by Crippen LogP contribution is -2.50. The fraction of sp³-hybridized carbons (Fsp3) is 0.308. The zero-order chi connectivity index (χ0) is 20.2. The molecule has 3 heteroatoms. The first-order valence-corrected chi connectivity index (χ1v) is 10.9. The number of halogens is 1. The molecule has 1 aliphatic rings. The molecule has 0 N–H and O–H groups in total. The largest absolute Gasteiger partial charge is 0.296 e. The van der Waals surface area contributed by atoms with Crippen LogP contribution in [-0.4, -0.2) is 35.5 Å². The topological polar surface area (TPSA) is 6.48 Å². The molecule has 1 saturated heterocycles. The molecular formula is C26H29ClN2. The minimum Gasteiger partial charge on any atom is -0.296 e. The maximum absolute atomic E-state index is 6.35. The van der Waals surface area contributed by atoms with Gasteiger partial charge in [-0.2, -0.15) is 0 Å². The molecule has 1 fully saturated rings. The van der Waals surface area contributed by atoms with E-state index in [0.717, 1.165) is 36.8 Å². The zero-order valence-corrected chi connectivity index (χ0v) is 18.0. The quantitative estimate of drug-likeness (QED) is 0.494. The Morgan fingerprint density at radius 1 is 0.862 bits per heavy atom. The first-order chi connectivity index (χ1) is 14.1. The molecule has 29 heavy (non-hydrogen) atoms. The molecule has 2 nitrogen and oxygen atoms in total. The maximum atomic E-state index is 6.35. The van der Waals surface area contributed by atoms with Crippen LogP contribution in [-0.2, 0) is 6.54 Å². The number of hydrogen-bond donors (Lipinski definition) is 0. The summed E-state index contributed by atoms with van der Waals surface area (Å²) >= 11 is 6.35. The van der Waals surface area contributed by atoms with E-state index in [1.807, 2.05) is 18.2 Å². The Bertz CT molecular complexity index is 921. The molecule has 4 rings (SSSR count). The highest BCUT2D eigenvalue weighted by molar-refractivity contribution is 6.33. The fourth-order valence-electron chi connectivity index (χ4n) is 4.33. The Morgan fingerprint density at radius 2 is 1.55 bits per heavy atom. The van der Waals surface area contributed by atoms with E-state index < -0.39 is 0 Å². The van der Waals surface area contributed by atoms with E-state index in [0.29, 0.717) is 12.1 Å². The van der Waals surface area contributed by atoms with Gasteiger partial charge in [-0.05, 0) is 36.6 Å². The normalized spacial score (nSPS) is 18.3. The summed E-state index contributed by atoms with van der Waals surface area (Å²) in [6.07, 6.45) is 0. The van der Waals surface area contributed by atoms with Crippen LogP contribution in [0.25, 0.3) is 11.1 Å². The third-order valence-electron chi connectivity index (χ3n) is 5.90. The highest BCUT2D eigenvalue weighted by Crippen LogP contribution is 2.30. The molecule has 0 aliphatic carbocycles. The Hall–Kier alpha value is -2.13. The van der Waals surface area contributed by atoms with Gasteiger partial charge in [-0.3, -0.25) is 9.80 Å². The molecule has 3 aromatic carbocycles. The van der Waals surface area contributed by atoms with Crippen LogP contribution in [0.3, 0.4) is 0 Å². The molecule has 0 aromatic heterocycles. The monoisotopic (exact) mass is 404 g/mol. The van der Waals surface area contributed by atoms with Crippen molar-refractivity contribution in [1.82, 2.24) is 9.80 Å². The summed E-state index contributed by atoms with van der Waals surface area (Å²) in [4.78, 5) is 5.22. The summed E-state index contributed by atoms with van der Waals surface area (Å²) in [5.41, 5.74) is 5.03. The minimum atomic E-state index is 0.451. The van der Waals surface area contributed by atoms with Crippen molar-refractivity contribution >= 4 is 11.6 Å². The van der Waals surface area contributed by atoms with Gasteiger partial charge in [0.15, 0.2) is 0 Å². The van der Waals surface area contributed by atoms with Crippen LogP contribution >= 0.6 is 11.6 Å². The van der Waals surface area contributed by atoms with Gasteiger partial charge < -0.3 is 0 Å². The Morgan fingerprint density at radius 3 is 2.24 bits per heavy atom. The van der Waals surface area contributed by atoms with E-state index in [1.165, 1.54) is 16.7 Å². The second-order valence-corrected chi connectivity index (χ2v) is 8.58. The average Bonchev–Trinajstić information content (AvgIpc) is 2.75. The summed E-state index contributed by atoms with van der Waals surface area (Å²) in [5, 5.41) is 0.802. The summed E-state index contributed by atoms with van der Waals surface area (Å²) in [5.74, 6) is 0. The van der Waals surface area contributed by atoms with E-state index in [-0.39, 0.29) is 0 Å². The van der Waals surface area contributed by atoms with E-state index >= 15 is 0 Å². The van der Waals surface area contributed by atoms with E-state index in [1.54, 1.807) is 0 Å². The molecular weight excluding hydrogens is 376 g/mol. The van der Waals surface area contributed by atoms with Gasteiger partial charge in [0, 0.05) is 48.8 Å². The lowest BCUT2D eigenvalue weighted by Gasteiger charge is -2.44. The molecule has 1 heterocycles. The molecule has 0 spiro atoms. The summed E-state index contributed by atoms with van der Waals surface area (Å²) in [6, 6.07) is 28.8. The lowest BCUT2D eigenvalue weighted by molar-refractivity contribution is 0.0468. The number of nitrogens with zero attached hydrogens (tertiary/aromatic N) is 2. The minimum absolute atomic E-state index is 0.451. The smallest absolute Gasteiger partial charge is 0.0484 e. The van der Waals surface area contributed by atoms with Crippen molar-refractivity contribution in [3.05, 3.63) is 95.0 Å². The van der Waals surface area contributed by atoms with Gasteiger partial charge in [0.1, 0.15) is 0 Å². The van der Waals surface area contributed by atoms with Gasteiger partial charge in [-0.15, -0.1) is 0 Å². The van der Waals surface area contributed by atoms with Crippen LogP contribution in [0.1, 0.15) is 31.0 Å². The van der Waals surface area contributed by atoms with Crippen LogP contribution in [0.5, 0.6) is 0 Å². The summed E-state index contributed by atoms with van der Waals surface area (Å²) in [7, 11) is 0. The van der Waals surface area contributed by atoms with Crippen LogP contribution in [0.15, 0.2) is 78.9 Å². The standard InChI is InChI=1S/C26H29ClN2/c1-20(2)29-17-16-28(19-26(29)23-8-4-3-5-9-23)18-21-12-14-22(15-13-21)24-10-6-7-11-25(24)27/h3-15,20,26H,16-19H2,1-2H3. The van der Waals surface area contributed by atoms with Crippen LogP contribution in [0.2, 0.25) is 5.02 Å². The second kappa shape index (κ2) is 9.13. The number of piperazine rings is 1. The van der Waals surface area contributed by atoms with E-state index in [9.17, 15) is 0 Å². The first kappa shape index (κ1) is 20.2. The van der Waals surface area contributed by atoms with Gasteiger partial charge in [0.05, 0.1) is 0 Å². The zero-order valence-electron chi connectivity index (χ0n) is 17.3. The van der Waals surface area contributed by atoms with Crippen molar-refractivity contribution in [2.45, 2.75) is 32.5 Å². The van der Waals surface area contributed by atoms with Gasteiger partial charge >= 0.3 is 0 Å². The molecule has 1 aliphatic heterocycles. The number of benzene rings is 3. The highest BCUT2D eigenvalue weighted by atomic mass is 35.5. The predicted octanol–water partition coefficient (Wildman–Crippen LogP) is 6.27. The van der Waals surface area contributed by atoms with Crippen LogP contribution < -0.4 is 0 Å². The number of rotatable bonds is 5. The molecule has 0 amide bonds. The summed E-state index contributed by atoms with van der Waals surface area (Å²) in [6.45, 7) is 8.87. The Balaban J connectivity index is 1.47. The molecule has 150 valence electrons. The van der Waals surface area contributed by atoms with E-state index in [4.69, 9.17) is 11.6 Å². The third-order valence-corrected chi connectivity index (χ3v) is 6.23. The van der Waals surface area contributed by atoms with Crippen molar-refractivity contribution in [3.8, 4) is 11.1 Å². The van der Waals surface area contributed by atoms with E-state index in [2.05, 4.69) is 84.3 Å². The van der Waals surface area contributed by atoms with Gasteiger partial charge in [0.25, 0.3) is 0 Å². The van der Waals surface area contributed by atoms with Crippen molar-refractivity contribution in [1.29, 1.82) is 0 Å². The predicted molar refractivity (Wildman–Crippen MR) is 123 cm³/mol. The molecule has 0 saturated carbocycles. The van der Waals surface area contributed by atoms with Crippen molar-refractivity contribution in [2.24, 2.45) is 0 Å². The van der Waals surface area contributed by atoms with Gasteiger partial charge in [-0.1, -0.05) is 84.4 Å². The SMILES string of the molecule is CC(C)N1CCN(Cc2ccc(-c3ccccc3Cl)cc2)CC1c1ccccc1. The summed E-state index contributed by atoms with van der Waals surface area (Å²) < 4.78 is 0. The van der Waals surface area contributed by atoms with Gasteiger partial charge in [0.2, 0.25) is 0 Å². The molecule has 1 unspecified atom stereocenters. The van der Waals surface area contributed by atoms with Crippen molar-refractivity contribution in [3.63, 3.8) is 0 Å². The molecule has 0 bridgehead atoms. The van der Waals surface area contributed by atoms with Crippen LogP contribution in [0, 0.1) is 0 Å². The fourth-order valence-corrected chi connectivity index (χ4v) is 4.58. The Labute approximate surface area is 179 Å². The van der Waals surface area contributed by atoms with Crippen molar-refractivity contribution in [2.75, 3.05) is 19.6 Å². The lowest BCUT2D eigenvalue weighted by atomic mass is 9.99. The Kier molecular flexibility index (Phi) is 6.34. The molecule has 0 radical (unpaired) electrons.